The van der Waals surface area contributed by atoms with Gasteiger partial charge < -0.3 is 5.32 Å². The summed E-state index contributed by atoms with van der Waals surface area (Å²) in [5, 5.41) is 9.33. The van der Waals surface area contributed by atoms with Crippen molar-refractivity contribution in [1.29, 1.82) is 0 Å². The third kappa shape index (κ3) is 3.01. The Morgan fingerprint density at radius 1 is 1.53 bits per heavy atom. The number of carbonyl (C=O) groups is 1. The number of likely N-dealkylation sites (N-methyl/N-ethyl adjacent to an activating group) is 1. The van der Waals surface area contributed by atoms with Crippen LogP contribution in [0.2, 0.25) is 0 Å². The third-order valence-corrected chi connectivity index (χ3v) is 4.39. The average molecular weight is 326 g/mol. The zero-order chi connectivity index (χ0) is 13.2. The van der Waals surface area contributed by atoms with Crippen LogP contribution in [0.5, 0.6) is 0 Å². The summed E-state index contributed by atoms with van der Waals surface area (Å²) in [5.41, 5.74) is 0. The number of hydrogen-bond acceptors (Lipinski definition) is 5. The highest BCUT2D eigenvalue weighted by atomic mass is 79.9. The Labute approximate surface area is 107 Å². The van der Waals surface area contributed by atoms with Crippen LogP contribution in [0, 0.1) is 0 Å². The monoisotopic (exact) mass is 325 g/mol. The summed E-state index contributed by atoms with van der Waals surface area (Å²) in [6.45, 7) is 1.44. The molecular weight excluding hydrogens is 314 g/mol. The van der Waals surface area contributed by atoms with Crippen molar-refractivity contribution in [3.05, 3.63) is 4.60 Å². The van der Waals surface area contributed by atoms with Crippen LogP contribution in [0.4, 0.5) is 0 Å². The van der Waals surface area contributed by atoms with Crippen molar-refractivity contribution < 1.29 is 13.2 Å². The molecule has 0 aliphatic carbocycles. The first-order valence-electron chi connectivity index (χ1n) is 4.58. The molecule has 0 saturated carbocycles. The molecule has 17 heavy (non-hydrogen) atoms. The highest BCUT2D eigenvalue weighted by molar-refractivity contribution is 9.10. The third-order valence-electron chi connectivity index (χ3n) is 1.96. The molecule has 0 fully saturated rings. The zero-order valence-electron chi connectivity index (χ0n) is 9.43. The summed E-state index contributed by atoms with van der Waals surface area (Å²) < 4.78 is 27.3. The highest BCUT2D eigenvalue weighted by Gasteiger charge is 2.27. The Morgan fingerprint density at radius 3 is 2.53 bits per heavy atom. The van der Waals surface area contributed by atoms with Gasteiger partial charge in [0.2, 0.25) is 10.9 Å². The Morgan fingerprint density at radius 2 is 2.12 bits per heavy atom. The Kier molecular flexibility index (Phi) is 4.22. The van der Waals surface area contributed by atoms with E-state index in [9.17, 15) is 13.2 Å². The standard InChI is InChI=1S/C7H12BrN5O3S/c1-4(6(14)9-2)11-17(15,16)7-5(8)10-12-13(7)3/h4,11H,1-3H3,(H,9,14). The summed E-state index contributed by atoms with van der Waals surface area (Å²) in [5.74, 6) is -0.431. The molecule has 8 nitrogen and oxygen atoms in total. The van der Waals surface area contributed by atoms with Crippen LogP contribution in [0.1, 0.15) is 6.92 Å². The zero-order valence-corrected chi connectivity index (χ0v) is 11.8. The molecule has 0 aliphatic rings. The molecule has 1 unspecified atom stereocenters. The summed E-state index contributed by atoms with van der Waals surface area (Å²) in [7, 11) is -0.986. The molecule has 0 radical (unpaired) electrons. The number of rotatable bonds is 4. The number of aryl methyl sites for hydroxylation is 1. The number of carbonyl (C=O) groups excluding carboxylic acids is 1. The topological polar surface area (TPSA) is 106 Å². The highest BCUT2D eigenvalue weighted by Crippen LogP contribution is 2.17. The van der Waals surface area contributed by atoms with Crippen molar-refractivity contribution in [3.63, 3.8) is 0 Å². The van der Waals surface area contributed by atoms with Crippen LogP contribution < -0.4 is 10.0 Å². The molecule has 0 bridgehead atoms. The fourth-order valence-corrected chi connectivity index (χ4v) is 3.46. The van der Waals surface area contributed by atoms with Crippen LogP contribution in [-0.2, 0) is 21.9 Å². The average Bonchev–Trinajstić information content (AvgIpc) is 2.57. The van der Waals surface area contributed by atoms with Gasteiger partial charge in [-0.15, -0.1) is 5.10 Å². The maximum atomic E-state index is 11.9. The van der Waals surface area contributed by atoms with E-state index in [1.54, 1.807) is 0 Å². The van der Waals surface area contributed by atoms with Crippen molar-refractivity contribution in [2.24, 2.45) is 7.05 Å². The van der Waals surface area contributed by atoms with E-state index in [4.69, 9.17) is 0 Å². The second kappa shape index (κ2) is 5.10. The molecule has 96 valence electrons. The van der Waals surface area contributed by atoms with Crippen molar-refractivity contribution in [2.45, 2.75) is 18.0 Å². The van der Waals surface area contributed by atoms with E-state index in [1.165, 1.54) is 21.0 Å². The lowest BCUT2D eigenvalue weighted by Crippen LogP contribution is -2.44. The van der Waals surface area contributed by atoms with Crippen molar-refractivity contribution in [1.82, 2.24) is 25.0 Å². The predicted octanol–water partition coefficient (Wildman–Crippen LogP) is -1.01. The summed E-state index contributed by atoms with van der Waals surface area (Å²) in [6.07, 6.45) is 0. The first kappa shape index (κ1) is 14.1. The number of aromatic nitrogens is 3. The molecular formula is C7H12BrN5O3S. The number of nitrogens with zero attached hydrogens (tertiary/aromatic N) is 3. The van der Waals surface area contributed by atoms with Gasteiger partial charge in [-0.3, -0.25) is 4.79 Å². The number of hydrogen-bond donors (Lipinski definition) is 2. The second-order valence-electron chi connectivity index (χ2n) is 3.27. The molecule has 2 N–H and O–H groups in total. The summed E-state index contributed by atoms with van der Waals surface area (Å²) in [4.78, 5) is 11.2. The number of halogens is 1. The van der Waals surface area contributed by atoms with E-state index in [0.717, 1.165) is 4.68 Å². The largest absolute Gasteiger partial charge is 0.358 e. The van der Waals surface area contributed by atoms with Gasteiger partial charge >= 0.3 is 0 Å². The molecule has 0 spiro atoms. The number of sulfonamides is 1. The summed E-state index contributed by atoms with van der Waals surface area (Å²) in [6, 6.07) is -0.883. The predicted molar refractivity (Wildman–Crippen MR) is 62.6 cm³/mol. The van der Waals surface area contributed by atoms with Crippen LogP contribution in [0.25, 0.3) is 0 Å². The van der Waals surface area contributed by atoms with E-state index >= 15 is 0 Å². The maximum Gasteiger partial charge on any atom is 0.261 e. The minimum atomic E-state index is -3.85. The van der Waals surface area contributed by atoms with Gasteiger partial charge in [-0.1, -0.05) is 5.21 Å². The van der Waals surface area contributed by atoms with Crippen molar-refractivity contribution >= 4 is 31.9 Å². The fraction of sp³-hybridized carbons (Fsp3) is 0.571. The molecule has 1 heterocycles. The minimum absolute atomic E-state index is 0.0941. The molecule has 1 rings (SSSR count). The molecule has 0 saturated heterocycles. The Balaban J connectivity index is 3.02. The van der Waals surface area contributed by atoms with Crippen LogP contribution in [0.3, 0.4) is 0 Å². The SMILES string of the molecule is CNC(=O)C(C)NS(=O)(=O)c1c(Br)nnn1C. The lowest BCUT2D eigenvalue weighted by Gasteiger charge is -2.12. The van der Waals surface area contributed by atoms with Gasteiger partial charge in [0.05, 0.1) is 6.04 Å². The van der Waals surface area contributed by atoms with Gasteiger partial charge in [0.25, 0.3) is 10.0 Å². The maximum absolute atomic E-state index is 11.9. The van der Waals surface area contributed by atoms with Gasteiger partial charge in [-0.05, 0) is 22.9 Å². The van der Waals surface area contributed by atoms with Gasteiger partial charge in [0.15, 0.2) is 4.60 Å². The van der Waals surface area contributed by atoms with E-state index in [2.05, 4.69) is 36.3 Å². The quantitative estimate of drug-likeness (QED) is 0.737. The minimum Gasteiger partial charge on any atom is -0.358 e. The van der Waals surface area contributed by atoms with Crippen molar-refractivity contribution in [2.75, 3.05) is 7.05 Å². The first-order valence-corrected chi connectivity index (χ1v) is 6.86. The van der Waals surface area contributed by atoms with Gasteiger partial charge in [0.1, 0.15) is 0 Å². The number of nitrogens with one attached hydrogen (secondary N) is 2. The first-order chi connectivity index (χ1) is 7.79. The van der Waals surface area contributed by atoms with Gasteiger partial charge in [-0.2, -0.15) is 4.72 Å². The normalized spacial score (nSPS) is 13.4. The molecule has 1 aromatic heterocycles. The Bertz CT molecular complexity index is 506. The summed E-state index contributed by atoms with van der Waals surface area (Å²) >= 11 is 2.98. The smallest absolute Gasteiger partial charge is 0.261 e. The second-order valence-corrected chi connectivity index (χ2v) is 5.65. The van der Waals surface area contributed by atoms with Crippen LogP contribution >= 0.6 is 15.9 Å². The lowest BCUT2D eigenvalue weighted by atomic mass is 10.3. The Hall–Kier alpha value is -1.00. The molecule has 0 aromatic carbocycles. The van der Waals surface area contributed by atoms with Crippen molar-refractivity contribution in [3.8, 4) is 0 Å². The van der Waals surface area contributed by atoms with Gasteiger partial charge in [-0.25, -0.2) is 13.1 Å². The lowest BCUT2D eigenvalue weighted by molar-refractivity contribution is -0.121. The van der Waals surface area contributed by atoms with E-state index in [0.29, 0.717) is 0 Å². The molecule has 1 amide bonds. The van der Waals surface area contributed by atoms with E-state index < -0.39 is 22.0 Å². The van der Waals surface area contributed by atoms with Crippen LogP contribution in [-0.4, -0.2) is 42.4 Å². The fourth-order valence-electron chi connectivity index (χ4n) is 1.17. The molecule has 1 aromatic rings. The van der Waals surface area contributed by atoms with Gasteiger partial charge in [0, 0.05) is 14.1 Å². The molecule has 0 aliphatic heterocycles. The number of amides is 1. The molecule has 1 atom stereocenters. The van der Waals surface area contributed by atoms with Crippen LogP contribution in [0.15, 0.2) is 9.63 Å². The molecule has 10 heteroatoms. The van der Waals surface area contributed by atoms with E-state index in [1.807, 2.05) is 0 Å². The van der Waals surface area contributed by atoms with E-state index in [-0.39, 0.29) is 9.63 Å².